The van der Waals surface area contributed by atoms with E-state index in [-0.39, 0.29) is 12.1 Å². The van der Waals surface area contributed by atoms with Crippen molar-refractivity contribution in [2.75, 3.05) is 26.0 Å². The number of hydrogen-bond donors (Lipinski definition) is 2. The summed E-state index contributed by atoms with van der Waals surface area (Å²) >= 11 is 1.69. The predicted molar refractivity (Wildman–Crippen MR) is 109 cm³/mol. The van der Waals surface area contributed by atoms with Crippen molar-refractivity contribution in [2.24, 2.45) is 0 Å². The summed E-state index contributed by atoms with van der Waals surface area (Å²) in [6, 6.07) is 12.0. The molecule has 0 saturated heterocycles. The summed E-state index contributed by atoms with van der Waals surface area (Å²) in [5.74, 6) is 0.767. The molecule has 0 radical (unpaired) electrons. The number of carbonyl (C=O) groups is 1. The minimum atomic E-state index is -0.223. The number of nitrogens with zero attached hydrogens (tertiary/aromatic N) is 5. The fraction of sp³-hybridized carbons (Fsp3) is 0.368. The van der Waals surface area contributed by atoms with Gasteiger partial charge in [-0.3, -0.25) is 0 Å². The monoisotopic (exact) mass is 397 g/mol. The predicted octanol–water partition coefficient (Wildman–Crippen LogP) is 3.16. The molecule has 0 aliphatic heterocycles. The number of hydrogen-bond acceptors (Lipinski definition) is 6. The Morgan fingerprint density at radius 1 is 1.29 bits per heavy atom. The van der Waals surface area contributed by atoms with E-state index in [9.17, 15) is 4.79 Å². The lowest BCUT2D eigenvalue weighted by Gasteiger charge is -2.23. The molecule has 1 atom stereocenters. The number of tetrazole rings is 1. The fourth-order valence-corrected chi connectivity index (χ4v) is 3.96. The summed E-state index contributed by atoms with van der Waals surface area (Å²) in [5, 5.41) is 19.9. The molecule has 8 nitrogen and oxygen atoms in total. The summed E-state index contributed by atoms with van der Waals surface area (Å²) in [6.07, 6.45) is 2.24. The highest BCUT2D eigenvalue weighted by Gasteiger charge is 2.28. The number of nitrogens with one attached hydrogen (secondary N) is 2. The normalized spacial score (nSPS) is 14.8. The van der Waals surface area contributed by atoms with Gasteiger partial charge in [0.15, 0.2) is 5.82 Å². The van der Waals surface area contributed by atoms with Crippen LogP contribution in [0.3, 0.4) is 0 Å². The number of anilines is 1. The fourth-order valence-electron chi connectivity index (χ4n) is 3.03. The quantitative estimate of drug-likeness (QED) is 0.639. The standard InChI is InChI=1S/C19H23N7OS/c1-25(2)16(17-4-3-11-28-17)12-20-19(27)21-14-7-5-13(6-8-14)18-22-23-24-26(18)15-9-10-15/h3-8,11,15-16H,9-10,12H2,1-2H3,(H2,20,21,27). The Hall–Kier alpha value is -2.78. The lowest BCUT2D eigenvalue weighted by atomic mass is 10.2. The van der Waals surface area contributed by atoms with Gasteiger partial charge in [-0.15, -0.1) is 16.4 Å². The number of carbonyl (C=O) groups excluding carboxylic acids is 1. The van der Waals surface area contributed by atoms with Crippen LogP contribution in [0.1, 0.15) is 29.8 Å². The molecule has 28 heavy (non-hydrogen) atoms. The highest BCUT2D eigenvalue weighted by atomic mass is 32.1. The Morgan fingerprint density at radius 2 is 2.07 bits per heavy atom. The van der Waals surface area contributed by atoms with Crippen molar-refractivity contribution in [1.29, 1.82) is 0 Å². The van der Waals surface area contributed by atoms with E-state index in [1.54, 1.807) is 11.3 Å². The Balaban J connectivity index is 1.35. The van der Waals surface area contributed by atoms with E-state index in [1.807, 2.05) is 54.5 Å². The summed E-state index contributed by atoms with van der Waals surface area (Å²) in [5.41, 5.74) is 1.66. The van der Waals surface area contributed by atoms with E-state index >= 15 is 0 Å². The van der Waals surface area contributed by atoms with E-state index in [0.29, 0.717) is 12.6 Å². The van der Waals surface area contributed by atoms with Crippen LogP contribution in [0.25, 0.3) is 11.4 Å². The number of benzene rings is 1. The average Bonchev–Trinajstić information content (AvgIpc) is 3.17. The van der Waals surface area contributed by atoms with Crippen molar-refractivity contribution < 1.29 is 4.79 Å². The second kappa shape index (κ2) is 8.07. The van der Waals surface area contributed by atoms with E-state index in [0.717, 1.165) is 29.9 Å². The molecule has 2 amide bonds. The number of rotatable bonds is 7. The van der Waals surface area contributed by atoms with Crippen molar-refractivity contribution in [3.63, 3.8) is 0 Å². The van der Waals surface area contributed by atoms with Gasteiger partial charge in [0.1, 0.15) is 0 Å². The maximum Gasteiger partial charge on any atom is 0.319 e. The first-order valence-electron chi connectivity index (χ1n) is 9.25. The molecule has 2 aromatic heterocycles. The number of amides is 2. The van der Waals surface area contributed by atoms with Crippen LogP contribution < -0.4 is 10.6 Å². The maximum absolute atomic E-state index is 12.3. The Kier molecular flexibility index (Phi) is 5.36. The van der Waals surface area contributed by atoms with Crippen molar-refractivity contribution in [3.05, 3.63) is 46.7 Å². The lowest BCUT2D eigenvalue weighted by molar-refractivity contribution is 0.244. The number of aromatic nitrogens is 4. The Labute approximate surface area is 167 Å². The molecule has 146 valence electrons. The molecule has 4 rings (SSSR count). The molecule has 9 heteroatoms. The van der Waals surface area contributed by atoms with Crippen LogP contribution in [-0.2, 0) is 0 Å². The molecule has 1 saturated carbocycles. The van der Waals surface area contributed by atoms with Gasteiger partial charge in [-0.2, -0.15) is 0 Å². The zero-order valence-corrected chi connectivity index (χ0v) is 16.7. The van der Waals surface area contributed by atoms with Gasteiger partial charge in [-0.25, -0.2) is 9.48 Å². The zero-order valence-electron chi connectivity index (χ0n) is 15.9. The van der Waals surface area contributed by atoms with Crippen LogP contribution in [0.15, 0.2) is 41.8 Å². The molecule has 1 aliphatic carbocycles. The van der Waals surface area contributed by atoms with Crippen LogP contribution in [0.5, 0.6) is 0 Å². The van der Waals surface area contributed by atoms with Gasteiger partial charge >= 0.3 is 6.03 Å². The van der Waals surface area contributed by atoms with Gasteiger partial charge in [0.05, 0.1) is 12.1 Å². The van der Waals surface area contributed by atoms with Crippen molar-refractivity contribution in [1.82, 2.24) is 30.4 Å². The first kappa shape index (κ1) is 18.6. The number of urea groups is 1. The van der Waals surface area contributed by atoms with Gasteiger partial charge in [0.2, 0.25) is 0 Å². The first-order chi connectivity index (χ1) is 13.6. The molecule has 0 spiro atoms. The highest BCUT2D eigenvalue weighted by molar-refractivity contribution is 7.10. The smallest absolute Gasteiger partial charge is 0.319 e. The largest absolute Gasteiger partial charge is 0.336 e. The van der Waals surface area contributed by atoms with Gasteiger partial charge in [0.25, 0.3) is 0 Å². The first-order valence-corrected chi connectivity index (χ1v) is 10.1. The third-order valence-corrected chi connectivity index (χ3v) is 5.71. The second-order valence-corrected chi connectivity index (χ2v) is 8.06. The van der Waals surface area contributed by atoms with Crippen LogP contribution in [-0.4, -0.2) is 51.8 Å². The van der Waals surface area contributed by atoms with Gasteiger partial charge in [0, 0.05) is 22.7 Å². The summed E-state index contributed by atoms with van der Waals surface area (Å²) < 4.78 is 1.88. The van der Waals surface area contributed by atoms with E-state index in [2.05, 4.69) is 37.1 Å². The minimum Gasteiger partial charge on any atom is -0.336 e. The molecule has 3 aromatic rings. The van der Waals surface area contributed by atoms with Crippen molar-refractivity contribution in [2.45, 2.75) is 24.9 Å². The maximum atomic E-state index is 12.3. The lowest BCUT2D eigenvalue weighted by Crippen LogP contribution is -2.36. The molecule has 2 heterocycles. The van der Waals surface area contributed by atoms with Crippen molar-refractivity contribution >= 4 is 23.1 Å². The van der Waals surface area contributed by atoms with Crippen LogP contribution in [0.2, 0.25) is 0 Å². The topological polar surface area (TPSA) is 88.0 Å². The molecular weight excluding hydrogens is 374 g/mol. The van der Waals surface area contributed by atoms with Gasteiger partial charge < -0.3 is 15.5 Å². The third-order valence-electron chi connectivity index (χ3n) is 4.74. The van der Waals surface area contributed by atoms with E-state index < -0.39 is 0 Å². The van der Waals surface area contributed by atoms with Gasteiger partial charge in [-0.1, -0.05) is 6.07 Å². The van der Waals surface area contributed by atoms with Crippen LogP contribution >= 0.6 is 11.3 Å². The van der Waals surface area contributed by atoms with Gasteiger partial charge in [-0.05, 0) is 73.1 Å². The molecule has 0 bridgehead atoms. The van der Waals surface area contributed by atoms with E-state index in [1.165, 1.54) is 4.88 Å². The third kappa shape index (κ3) is 4.20. The molecule has 1 unspecified atom stereocenters. The second-order valence-electron chi connectivity index (χ2n) is 7.09. The summed E-state index contributed by atoms with van der Waals surface area (Å²) in [4.78, 5) is 15.6. The molecule has 1 aliphatic rings. The van der Waals surface area contributed by atoms with Crippen LogP contribution in [0.4, 0.5) is 10.5 Å². The average molecular weight is 398 g/mol. The number of thiophene rings is 1. The van der Waals surface area contributed by atoms with E-state index in [4.69, 9.17) is 0 Å². The highest BCUT2D eigenvalue weighted by Crippen LogP contribution is 2.36. The summed E-state index contributed by atoms with van der Waals surface area (Å²) in [7, 11) is 4.02. The molecule has 1 aromatic carbocycles. The number of likely N-dealkylation sites (N-methyl/N-ethyl adjacent to an activating group) is 1. The minimum absolute atomic E-state index is 0.148. The molecular formula is C19H23N7OS. The van der Waals surface area contributed by atoms with Crippen molar-refractivity contribution in [3.8, 4) is 11.4 Å². The SMILES string of the molecule is CN(C)C(CNC(=O)Nc1ccc(-c2nnnn2C2CC2)cc1)c1cccs1. The zero-order chi connectivity index (χ0) is 19.5. The Bertz CT molecular complexity index is 916. The van der Waals surface area contributed by atoms with Crippen LogP contribution in [0, 0.1) is 0 Å². The summed E-state index contributed by atoms with van der Waals surface area (Å²) in [6.45, 7) is 0.535. The molecule has 1 fully saturated rings. The Morgan fingerprint density at radius 3 is 2.71 bits per heavy atom. The molecule has 2 N–H and O–H groups in total.